The molecule has 0 saturated carbocycles. The van der Waals surface area contributed by atoms with Gasteiger partial charge in [0.05, 0.1) is 35.3 Å². The highest BCUT2D eigenvalue weighted by Crippen LogP contribution is 2.59. The van der Waals surface area contributed by atoms with E-state index in [1.165, 1.54) is 9.80 Å². The van der Waals surface area contributed by atoms with Gasteiger partial charge < -0.3 is 0 Å². The topological polar surface area (TPSA) is 81.2 Å². The average molecular weight is 623 g/mol. The lowest BCUT2D eigenvalue weighted by Gasteiger charge is -2.35. The van der Waals surface area contributed by atoms with Gasteiger partial charge in [0.15, 0.2) is 0 Å². The van der Waals surface area contributed by atoms with Gasteiger partial charge in [-0.2, -0.15) is 0 Å². The first kappa shape index (κ1) is 27.2. The van der Waals surface area contributed by atoms with Crippen LogP contribution in [0.2, 0.25) is 10.0 Å². The maximum absolute atomic E-state index is 14.4. The molecule has 0 aromatic heterocycles. The van der Waals surface area contributed by atoms with Crippen LogP contribution >= 0.6 is 23.2 Å². The molecule has 4 aromatic rings. The van der Waals surface area contributed by atoms with Gasteiger partial charge in [0.25, 0.3) is 11.8 Å². The van der Waals surface area contributed by atoms with Gasteiger partial charge in [0, 0.05) is 10.0 Å². The van der Waals surface area contributed by atoms with Crippen molar-refractivity contribution in [2.24, 2.45) is 11.8 Å². The number of hydrogen-bond donors (Lipinski definition) is 0. The van der Waals surface area contributed by atoms with Crippen LogP contribution < -0.4 is 9.80 Å². The molecule has 0 spiro atoms. The molecule has 4 saturated heterocycles. The highest BCUT2D eigenvalue weighted by molar-refractivity contribution is 6.31. The van der Waals surface area contributed by atoms with Gasteiger partial charge in [0.2, 0.25) is 11.8 Å². The number of imide groups is 2. The van der Waals surface area contributed by atoms with Crippen molar-refractivity contribution in [3.63, 3.8) is 0 Å². The Morgan fingerprint density at radius 3 is 1.09 bits per heavy atom. The highest BCUT2D eigenvalue weighted by atomic mass is 35.5. The quantitative estimate of drug-likeness (QED) is 0.282. The van der Waals surface area contributed by atoms with Gasteiger partial charge in [-0.3, -0.25) is 19.2 Å². The fourth-order valence-electron chi connectivity index (χ4n) is 7.49. The van der Waals surface area contributed by atoms with E-state index in [0.717, 1.165) is 11.1 Å². The second-order valence-corrected chi connectivity index (χ2v) is 12.3. The summed E-state index contributed by atoms with van der Waals surface area (Å²) in [6, 6.07) is 28.8. The van der Waals surface area contributed by atoms with Crippen molar-refractivity contribution in [3.05, 3.63) is 130 Å². The Morgan fingerprint density at radius 1 is 0.409 bits per heavy atom. The third-order valence-electron chi connectivity index (χ3n) is 9.18. The predicted octanol–water partition coefficient (Wildman–Crippen LogP) is 5.44. The number of carbonyl (C=O) groups is 4. The van der Waals surface area contributed by atoms with E-state index in [0.29, 0.717) is 21.4 Å². The second-order valence-electron chi connectivity index (χ2n) is 11.4. The number of amides is 4. The third kappa shape index (κ3) is 3.78. The predicted molar refractivity (Wildman–Crippen MR) is 164 cm³/mol. The van der Waals surface area contributed by atoms with E-state index in [2.05, 4.69) is 0 Å². The first-order chi connectivity index (χ1) is 21.4. The van der Waals surface area contributed by atoms with E-state index in [1.54, 1.807) is 48.5 Å². The standard InChI is InChI=1S/C34H24Cl2N4O4/c35-21-11-15-23(16-12-21)37-31(41)25-27(19-7-3-1-4-8-19)39-30-26(32(42)38(34(30)44)24-17-13-22(36)14-18-24)28(20-9-5-2-6-10-20)40(39)29(25)33(37)43/h1-18,25-30H. The number of fused-ring (bicyclic) bond motifs is 5. The maximum atomic E-state index is 14.4. The molecule has 4 fully saturated rings. The van der Waals surface area contributed by atoms with Crippen LogP contribution in [0.15, 0.2) is 109 Å². The molecule has 44 heavy (non-hydrogen) atoms. The molecule has 4 heterocycles. The van der Waals surface area contributed by atoms with E-state index in [1.807, 2.05) is 70.7 Å². The number of carbonyl (C=O) groups excluding carboxylic acids is 4. The SMILES string of the molecule is O=C1C2C(C(=O)N1c1ccc(Cl)cc1)N1C(c3ccccc3)C3C(=O)N(c4ccc(Cl)cc4)C(=O)C3N1C2c1ccccc1. The molecule has 218 valence electrons. The molecule has 4 aromatic carbocycles. The zero-order chi connectivity index (χ0) is 30.3. The number of hydrogen-bond acceptors (Lipinski definition) is 6. The minimum absolute atomic E-state index is 0.361. The lowest BCUT2D eigenvalue weighted by atomic mass is 9.84. The zero-order valence-electron chi connectivity index (χ0n) is 23.0. The Hall–Kier alpha value is -4.34. The summed E-state index contributed by atoms with van der Waals surface area (Å²) in [4.78, 5) is 59.9. The van der Waals surface area contributed by atoms with Crippen LogP contribution in [-0.4, -0.2) is 45.7 Å². The average Bonchev–Trinajstić information content (AvgIpc) is 3.71. The van der Waals surface area contributed by atoms with Crippen molar-refractivity contribution in [3.8, 4) is 0 Å². The molecular formula is C34H24Cl2N4O4. The summed E-state index contributed by atoms with van der Waals surface area (Å²) in [5.41, 5.74) is 2.41. The molecule has 4 aliphatic rings. The lowest BCUT2D eigenvalue weighted by Crippen LogP contribution is -2.50. The van der Waals surface area contributed by atoms with Crippen molar-refractivity contribution in [1.82, 2.24) is 10.0 Å². The molecule has 10 heteroatoms. The van der Waals surface area contributed by atoms with Crippen LogP contribution in [0.1, 0.15) is 23.2 Å². The van der Waals surface area contributed by atoms with Crippen molar-refractivity contribution >= 4 is 58.2 Å². The third-order valence-corrected chi connectivity index (χ3v) is 9.68. The largest absolute Gasteiger partial charge is 0.274 e. The Kier molecular flexibility index (Phi) is 6.25. The van der Waals surface area contributed by atoms with E-state index in [4.69, 9.17) is 23.2 Å². The second kappa shape index (κ2) is 10.1. The van der Waals surface area contributed by atoms with Gasteiger partial charge in [-0.1, -0.05) is 83.9 Å². The molecule has 0 N–H and O–H groups in total. The minimum Gasteiger partial charge on any atom is -0.274 e. The Morgan fingerprint density at radius 2 is 0.750 bits per heavy atom. The van der Waals surface area contributed by atoms with E-state index >= 15 is 0 Å². The number of anilines is 2. The molecule has 4 amide bonds. The summed E-state index contributed by atoms with van der Waals surface area (Å²) in [5.74, 6) is -3.16. The normalized spacial score (nSPS) is 28.1. The first-order valence-electron chi connectivity index (χ1n) is 14.3. The summed E-state index contributed by atoms with van der Waals surface area (Å²) in [6.07, 6.45) is 0. The Balaban J connectivity index is 1.32. The molecular weight excluding hydrogens is 599 g/mol. The maximum Gasteiger partial charge on any atom is 0.253 e. The van der Waals surface area contributed by atoms with Crippen molar-refractivity contribution in [2.75, 3.05) is 9.80 Å². The summed E-state index contributed by atoms with van der Waals surface area (Å²) in [6.45, 7) is 0. The van der Waals surface area contributed by atoms with Crippen molar-refractivity contribution in [2.45, 2.75) is 24.2 Å². The number of halogens is 2. The minimum atomic E-state index is -0.927. The monoisotopic (exact) mass is 622 g/mol. The molecule has 6 unspecified atom stereocenters. The highest BCUT2D eigenvalue weighted by Gasteiger charge is 2.73. The molecule has 8 nitrogen and oxygen atoms in total. The van der Waals surface area contributed by atoms with E-state index in [-0.39, 0.29) is 11.8 Å². The molecule has 0 radical (unpaired) electrons. The van der Waals surface area contributed by atoms with Gasteiger partial charge in [-0.05, 0) is 59.7 Å². The van der Waals surface area contributed by atoms with Crippen molar-refractivity contribution < 1.29 is 19.2 Å². The number of benzene rings is 4. The molecule has 4 aliphatic heterocycles. The fourth-order valence-corrected chi connectivity index (χ4v) is 7.74. The zero-order valence-corrected chi connectivity index (χ0v) is 24.5. The summed E-state index contributed by atoms with van der Waals surface area (Å²) >= 11 is 12.2. The van der Waals surface area contributed by atoms with Crippen LogP contribution in [0.5, 0.6) is 0 Å². The number of rotatable bonds is 4. The van der Waals surface area contributed by atoms with Crippen LogP contribution in [0, 0.1) is 11.8 Å². The van der Waals surface area contributed by atoms with Gasteiger partial charge in [0.1, 0.15) is 12.1 Å². The van der Waals surface area contributed by atoms with Crippen LogP contribution in [0.4, 0.5) is 11.4 Å². The number of nitrogens with zero attached hydrogens (tertiary/aromatic N) is 4. The van der Waals surface area contributed by atoms with Crippen LogP contribution in [0.3, 0.4) is 0 Å². The van der Waals surface area contributed by atoms with Gasteiger partial charge in [-0.25, -0.2) is 19.8 Å². The Bertz CT molecular complexity index is 1690. The molecule has 0 bridgehead atoms. The lowest BCUT2D eigenvalue weighted by molar-refractivity contribution is -0.136. The molecule has 8 rings (SSSR count). The van der Waals surface area contributed by atoms with Crippen LogP contribution in [0.25, 0.3) is 0 Å². The summed E-state index contributed by atoms with van der Waals surface area (Å²) in [5, 5.41) is 4.69. The Labute approximate surface area is 262 Å². The summed E-state index contributed by atoms with van der Waals surface area (Å²) < 4.78 is 0. The fraction of sp³-hybridized carbons (Fsp3) is 0.176. The number of hydrazine groups is 1. The van der Waals surface area contributed by atoms with E-state index in [9.17, 15) is 19.2 Å². The van der Waals surface area contributed by atoms with E-state index < -0.39 is 47.8 Å². The van der Waals surface area contributed by atoms with Crippen molar-refractivity contribution in [1.29, 1.82) is 0 Å². The molecule has 6 atom stereocenters. The van der Waals surface area contributed by atoms with Gasteiger partial charge >= 0.3 is 0 Å². The summed E-state index contributed by atoms with van der Waals surface area (Å²) in [7, 11) is 0. The first-order valence-corrected chi connectivity index (χ1v) is 15.1. The van der Waals surface area contributed by atoms with Crippen LogP contribution in [-0.2, 0) is 19.2 Å². The smallest absolute Gasteiger partial charge is 0.253 e. The molecule has 0 aliphatic carbocycles. The van der Waals surface area contributed by atoms with Gasteiger partial charge in [-0.15, -0.1) is 0 Å².